The zero-order chi connectivity index (χ0) is 38.8. The number of benzene rings is 2. The number of aromatic nitrogens is 2. The maximum Gasteiger partial charge on any atom is 0.339 e. The van der Waals surface area contributed by atoms with Crippen LogP contribution in [0.25, 0.3) is 0 Å². The fourth-order valence-corrected chi connectivity index (χ4v) is 9.06. The van der Waals surface area contributed by atoms with Crippen LogP contribution in [-0.4, -0.2) is 55.0 Å². The van der Waals surface area contributed by atoms with Gasteiger partial charge in [0.2, 0.25) is 0 Å². The van der Waals surface area contributed by atoms with Crippen molar-refractivity contribution < 1.29 is 27.5 Å². The van der Waals surface area contributed by atoms with Crippen LogP contribution in [-0.2, 0) is 41.9 Å². The van der Waals surface area contributed by atoms with E-state index in [9.17, 15) is 18.0 Å². The molecule has 4 aromatic rings. The van der Waals surface area contributed by atoms with Gasteiger partial charge in [0.25, 0.3) is 0 Å². The van der Waals surface area contributed by atoms with Crippen LogP contribution >= 0.6 is 11.6 Å². The monoisotopic (exact) mass is 770 g/mol. The lowest BCUT2D eigenvalue weighted by Gasteiger charge is -2.31. The van der Waals surface area contributed by atoms with Gasteiger partial charge in [-0.25, -0.2) is 19.6 Å². The van der Waals surface area contributed by atoms with Gasteiger partial charge in [0, 0.05) is 44.8 Å². The molecule has 0 amide bonds. The first-order valence-corrected chi connectivity index (χ1v) is 20.2. The molecule has 0 saturated carbocycles. The average Bonchev–Trinajstić information content (AvgIpc) is 3.15. The predicted molar refractivity (Wildman–Crippen MR) is 210 cm³/mol. The minimum atomic E-state index is -0.923. The molecule has 0 fully saturated rings. The molecule has 4 heterocycles. The summed E-state index contributed by atoms with van der Waals surface area (Å²) in [4.78, 5) is 32.5. The smallest absolute Gasteiger partial charge is 0.339 e. The Morgan fingerprint density at radius 2 is 1.23 bits per heavy atom. The summed E-state index contributed by atoms with van der Waals surface area (Å²) in [6, 6.07) is 18.1. The molecule has 8 nitrogen and oxygen atoms in total. The van der Waals surface area contributed by atoms with Crippen molar-refractivity contribution in [2.75, 3.05) is 24.7 Å². The SMILES string of the molecule is C#Cc1ccc2c(c1)C(C)(C)CCS2=O.CCOC(=O)c1ccc(C#Cc2ccc3c(c2)C(C)(C)CCS3=O)nc1.CCOC(=O)c1ccc(Cl)nc1. The highest BCUT2D eigenvalue weighted by atomic mass is 35.5. The van der Waals surface area contributed by atoms with Gasteiger partial charge in [-0.05, 0) is 115 Å². The Labute approximate surface area is 322 Å². The van der Waals surface area contributed by atoms with E-state index in [1.807, 2.05) is 36.4 Å². The first kappa shape index (κ1) is 41.2. The average molecular weight is 771 g/mol. The van der Waals surface area contributed by atoms with Crippen LogP contribution in [0.1, 0.15) is 103 Å². The molecule has 0 bridgehead atoms. The third kappa shape index (κ3) is 11.0. The topological polar surface area (TPSA) is 113 Å². The number of esters is 2. The minimum Gasteiger partial charge on any atom is -0.462 e. The molecule has 2 atom stereocenters. The van der Waals surface area contributed by atoms with E-state index in [1.54, 1.807) is 38.1 Å². The fraction of sp³-hybridized carbons (Fsp3) is 0.333. The normalized spacial score (nSPS) is 17.2. The standard InChI is InChI=1S/C21H21NO3S.C13H14OS.C8H8ClNO2/c1-4-25-20(23)16-7-9-17(22-14-16)8-5-15-6-10-19-18(13-15)21(2,3)11-12-26(19)24;1-4-10-5-6-12-11(9-10)13(2,3)7-8-15(12)14;1-2-12-8(11)6-3-4-7(9)10-5-6/h6-7,9-10,13-14H,4,11-12H2,1-3H3;1,5-6,9H,7-8H2,2-3H3;3-5H,2H2,1H3. The molecule has 2 aliphatic heterocycles. The second-order valence-corrected chi connectivity index (χ2v) is 16.9. The molecule has 11 heteroatoms. The number of rotatable bonds is 4. The zero-order valence-electron chi connectivity index (χ0n) is 30.8. The van der Waals surface area contributed by atoms with Gasteiger partial charge < -0.3 is 9.47 Å². The van der Waals surface area contributed by atoms with Crippen molar-refractivity contribution in [3.05, 3.63) is 117 Å². The van der Waals surface area contributed by atoms with Gasteiger partial charge in [-0.2, -0.15) is 0 Å². The van der Waals surface area contributed by atoms with Crippen LogP contribution in [0.3, 0.4) is 0 Å². The lowest BCUT2D eigenvalue weighted by atomic mass is 9.81. The molecular weight excluding hydrogens is 728 g/mol. The molecule has 0 saturated heterocycles. The van der Waals surface area contributed by atoms with Crippen LogP contribution in [0.2, 0.25) is 5.15 Å². The highest BCUT2D eigenvalue weighted by molar-refractivity contribution is 7.85. The fourth-order valence-electron chi connectivity index (χ4n) is 5.52. The van der Waals surface area contributed by atoms with Gasteiger partial charge in [0.05, 0.1) is 45.9 Å². The minimum absolute atomic E-state index is 0.000467. The molecule has 53 heavy (non-hydrogen) atoms. The number of hydrogen-bond acceptors (Lipinski definition) is 8. The maximum absolute atomic E-state index is 12.2. The second-order valence-electron chi connectivity index (χ2n) is 13.4. The van der Waals surface area contributed by atoms with Crippen LogP contribution in [0.15, 0.2) is 82.8 Å². The number of ether oxygens (including phenoxy) is 2. The summed E-state index contributed by atoms with van der Waals surface area (Å²) in [6.07, 6.45) is 10.1. The van der Waals surface area contributed by atoms with Gasteiger partial charge in [-0.1, -0.05) is 51.1 Å². The van der Waals surface area contributed by atoms with E-state index in [4.69, 9.17) is 27.5 Å². The van der Waals surface area contributed by atoms with Crippen molar-refractivity contribution in [1.29, 1.82) is 0 Å². The lowest BCUT2D eigenvalue weighted by molar-refractivity contribution is 0.0516. The largest absolute Gasteiger partial charge is 0.462 e. The van der Waals surface area contributed by atoms with E-state index in [1.165, 1.54) is 12.4 Å². The van der Waals surface area contributed by atoms with Crippen molar-refractivity contribution in [1.82, 2.24) is 9.97 Å². The molecule has 0 radical (unpaired) electrons. The van der Waals surface area contributed by atoms with Gasteiger partial charge in [-0.15, -0.1) is 6.42 Å². The number of halogens is 1. The maximum atomic E-state index is 12.2. The Morgan fingerprint density at radius 3 is 1.68 bits per heavy atom. The number of nitrogens with zero attached hydrogens (tertiary/aromatic N) is 2. The van der Waals surface area contributed by atoms with Crippen LogP contribution in [0.5, 0.6) is 0 Å². The van der Waals surface area contributed by atoms with Gasteiger partial charge >= 0.3 is 11.9 Å². The van der Waals surface area contributed by atoms with Crippen molar-refractivity contribution in [3.63, 3.8) is 0 Å². The third-order valence-electron chi connectivity index (χ3n) is 8.75. The number of terminal acetylenes is 1. The van der Waals surface area contributed by atoms with E-state index in [0.717, 1.165) is 50.6 Å². The first-order valence-electron chi connectivity index (χ1n) is 17.2. The summed E-state index contributed by atoms with van der Waals surface area (Å²) >= 11 is 5.53. The molecule has 2 aromatic heterocycles. The molecule has 0 spiro atoms. The number of hydrogen-bond donors (Lipinski definition) is 0. The van der Waals surface area contributed by atoms with Crippen molar-refractivity contribution in [2.45, 2.75) is 75.0 Å². The molecule has 0 aliphatic carbocycles. The molecule has 276 valence electrons. The second kappa shape index (κ2) is 18.4. The van der Waals surface area contributed by atoms with Crippen molar-refractivity contribution in [3.8, 4) is 24.2 Å². The van der Waals surface area contributed by atoms with E-state index in [2.05, 4.69) is 55.4 Å². The number of pyridine rings is 2. The summed E-state index contributed by atoms with van der Waals surface area (Å²) < 4.78 is 33.7. The van der Waals surface area contributed by atoms with E-state index < -0.39 is 21.6 Å². The predicted octanol–water partition coefficient (Wildman–Crippen LogP) is 7.82. The number of carbonyl (C=O) groups is 2. The van der Waals surface area contributed by atoms with E-state index in [-0.39, 0.29) is 22.8 Å². The zero-order valence-corrected chi connectivity index (χ0v) is 33.2. The van der Waals surface area contributed by atoms with Gasteiger partial charge in [-0.3, -0.25) is 8.42 Å². The highest BCUT2D eigenvalue weighted by Gasteiger charge is 2.32. The summed E-state index contributed by atoms with van der Waals surface area (Å²) in [5, 5.41) is 0.364. The quantitative estimate of drug-likeness (QED) is 0.117. The van der Waals surface area contributed by atoms with Crippen molar-refractivity contribution in [2.24, 2.45) is 0 Å². The molecule has 0 N–H and O–H groups in total. The van der Waals surface area contributed by atoms with Crippen LogP contribution < -0.4 is 0 Å². The van der Waals surface area contributed by atoms with E-state index in [0.29, 0.717) is 40.9 Å². The van der Waals surface area contributed by atoms with Crippen molar-refractivity contribution >= 4 is 45.1 Å². The molecule has 2 aliphatic rings. The summed E-state index contributed by atoms with van der Waals surface area (Å²) in [5.41, 5.74) is 5.52. The molecule has 2 unspecified atom stereocenters. The Morgan fingerprint density at radius 1 is 0.736 bits per heavy atom. The third-order valence-corrected chi connectivity index (χ3v) is 11.8. The van der Waals surface area contributed by atoms with Crippen LogP contribution in [0, 0.1) is 24.2 Å². The first-order chi connectivity index (χ1) is 25.2. The molecular formula is C42H43ClN2O6S2. The highest BCUT2D eigenvalue weighted by Crippen LogP contribution is 2.38. The van der Waals surface area contributed by atoms with Gasteiger partial charge in [0.1, 0.15) is 10.8 Å². The Hall–Kier alpha value is -4.61. The molecule has 6 rings (SSSR count). The summed E-state index contributed by atoms with van der Waals surface area (Å²) in [6.45, 7) is 12.9. The summed E-state index contributed by atoms with van der Waals surface area (Å²) in [5.74, 6) is 9.47. The summed E-state index contributed by atoms with van der Waals surface area (Å²) in [7, 11) is -1.76. The van der Waals surface area contributed by atoms with Gasteiger partial charge in [0.15, 0.2) is 0 Å². The number of fused-ring (bicyclic) bond motifs is 2. The van der Waals surface area contributed by atoms with E-state index >= 15 is 0 Å². The van der Waals surface area contributed by atoms with Crippen LogP contribution in [0.4, 0.5) is 0 Å². The Balaban J connectivity index is 0.000000196. The Kier molecular flexibility index (Phi) is 14.3. The molecule has 2 aromatic carbocycles. The lowest BCUT2D eigenvalue weighted by Crippen LogP contribution is -2.27. The Bertz CT molecular complexity index is 2110. The number of carbonyl (C=O) groups excluding carboxylic acids is 2.